The van der Waals surface area contributed by atoms with E-state index in [0.717, 1.165) is 5.56 Å². The average Bonchev–Trinajstić information content (AvgIpc) is 2.37. The van der Waals surface area contributed by atoms with Crippen LogP contribution in [0.25, 0.3) is 0 Å². The van der Waals surface area contributed by atoms with Crippen LogP contribution in [0.4, 0.5) is 0 Å². The molecule has 3 nitrogen and oxygen atoms in total. The van der Waals surface area contributed by atoms with Crippen molar-refractivity contribution < 1.29 is 4.79 Å². The van der Waals surface area contributed by atoms with E-state index in [2.05, 4.69) is 31.2 Å². The predicted octanol–water partition coefficient (Wildman–Crippen LogP) is 2.64. The Hall–Kier alpha value is -1.35. The summed E-state index contributed by atoms with van der Waals surface area (Å²) in [7, 11) is 1.81. The van der Waals surface area contributed by atoms with Gasteiger partial charge in [-0.15, -0.1) is 0 Å². The number of likely N-dealkylation sites (N-methyl/N-ethyl adjacent to an activating group) is 1. The van der Waals surface area contributed by atoms with Crippen molar-refractivity contribution in [2.24, 2.45) is 5.73 Å². The Bertz CT molecular complexity index is 409. The van der Waals surface area contributed by atoms with Crippen LogP contribution in [-0.2, 0) is 4.79 Å². The lowest BCUT2D eigenvalue weighted by molar-refractivity contribution is -0.137. The smallest absolute Gasteiger partial charge is 0.242 e. The molecule has 0 aliphatic rings. The fourth-order valence-corrected chi connectivity index (χ4v) is 1.80. The van der Waals surface area contributed by atoms with Gasteiger partial charge < -0.3 is 10.6 Å². The summed E-state index contributed by atoms with van der Waals surface area (Å²) in [5.74, 6) is -0.0157. The van der Waals surface area contributed by atoms with E-state index in [0.29, 0.717) is 6.42 Å². The van der Waals surface area contributed by atoms with Crippen LogP contribution in [0.15, 0.2) is 24.3 Å². The highest BCUT2D eigenvalue weighted by Gasteiger charge is 2.31. The Balaban J connectivity index is 2.87. The molecular formula is C15H24N2O. The highest BCUT2D eigenvalue weighted by atomic mass is 16.2. The molecule has 18 heavy (non-hydrogen) atoms. The summed E-state index contributed by atoms with van der Waals surface area (Å²) < 4.78 is 0. The standard InChI is InChI=1S/C15H24N2O/c1-6-15(4,16)14(18)17(5)12(3)13-9-7-11(2)8-10-13/h7-10,12H,6,16H2,1-5H3. The molecule has 1 aromatic rings. The minimum absolute atomic E-state index is 0.0157. The second-order valence-corrected chi connectivity index (χ2v) is 5.27. The lowest BCUT2D eigenvalue weighted by Gasteiger charge is -2.32. The van der Waals surface area contributed by atoms with Crippen molar-refractivity contribution in [2.45, 2.75) is 45.7 Å². The topological polar surface area (TPSA) is 46.3 Å². The van der Waals surface area contributed by atoms with E-state index in [1.54, 1.807) is 11.8 Å². The fourth-order valence-electron chi connectivity index (χ4n) is 1.80. The van der Waals surface area contributed by atoms with Crippen molar-refractivity contribution in [1.82, 2.24) is 4.90 Å². The number of nitrogens with two attached hydrogens (primary N) is 1. The van der Waals surface area contributed by atoms with Crippen molar-refractivity contribution in [3.63, 3.8) is 0 Å². The van der Waals surface area contributed by atoms with Crippen LogP contribution in [-0.4, -0.2) is 23.4 Å². The van der Waals surface area contributed by atoms with Crippen LogP contribution in [0.1, 0.15) is 44.4 Å². The molecule has 2 N–H and O–H groups in total. The summed E-state index contributed by atoms with van der Waals surface area (Å²) in [4.78, 5) is 14.0. The first-order chi connectivity index (χ1) is 8.29. The molecule has 0 spiro atoms. The minimum Gasteiger partial charge on any atom is -0.337 e. The zero-order valence-corrected chi connectivity index (χ0v) is 12.0. The molecule has 1 rings (SSSR count). The van der Waals surface area contributed by atoms with E-state index >= 15 is 0 Å². The normalized spacial score (nSPS) is 15.9. The summed E-state index contributed by atoms with van der Waals surface area (Å²) >= 11 is 0. The molecule has 1 aromatic carbocycles. The quantitative estimate of drug-likeness (QED) is 0.890. The van der Waals surface area contributed by atoms with Gasteiger partial charge in [-0.05, 0) is 32.8 Å². The molecule has 0 aromatic heterocycles. The van der Waals surface area contributed by atoms with E-state index in [-0.39, 0.29) is 11.9 Å². The van der Waals surface area contributed by atoms with Crippen LogP contribution < -0.4 is 5.73 Å². The van der Waals surface area contributed by atoms with Crippen molar-refractivity contribution in [3.8, 4) is 0 Å². The number of hydrogen-bond acceptors (Lipinski definition) is 2. The van der Waals surface area contributed by atoms with Gasteiger partial charge in [0.15, 0.2) is 0 Å². The van der Waals surface area contributed by atoms with Gasteiger partial charge in [-0.3, -0.25) is 4.79 Å². The highest BCUT2D eigenvalue weighted by Crippen LogP contribution is 2.22. The summed E-state index contributed by atoms with van der Waals surface area (Å²) in [6, 6.07) is 8.28. The SMILES string of the molecule is CCC(C)(N)C(=O)N(C)C(C)c1ccc(C)cc1. The first kappa shape index (κ1) is 14.7. The summed E-state index contributed by atoms with van der Waals surface area (Å²) in [6.07, 6.45) is 0.636. The maximum atomic E-state index is 12.3. The second kappa shape index (κ2) is 5.53. The van der Waals surface area contributed by atoms with E-state index in [1.165, 1.54) is 5.56 Å². The summed E-state index contributed by atoms with van der Waals surface area (Å²) in [5.41, 5.74) is 7.57. The van der Waals surface area contributed by atoms with Gasteiger partial charge in [0.2, 0.25) is 5.91 Å². The number of hydrogen-bond donors (Lipinski definition) is 1. The summed E-state index contributed by atoms with van der Waals surface area (Å²) in [5, 5.41) is 0. The highest BCUT2D eigenvalue weighted by molar-refractivity contribution is 5.85. The second-order valence-electron chi connectivity index (χ2n) is 5.27. The number of benzene rings is 1. The molecule has 2 atom stereocenters. The third-order valence-corrected chi connectivity index (χ3v) is 3.68. The lowest BCUT2D eigenvalue weighted by atomic mass is 9.96. The van der Waals surface area contributed by atoms with E-state index in [4.69, 9.17) is 5.73 Å². The molecule has 3 heteroatoms. The van der Waals surface area contributed by atoms with Gasteiger partial charge >= 0.3 is 0 Å². The molecule has 0 aliphatic carbocycles. The maximum Gasteiger partial charge on any atom is 0.242 e. The van der Waals surface area contributed by atoms with E-state index in [1.807, 2.05) is 20.9 Å². The molecule has 0 saturated carbocycles. The van der Waals surface area contributed by atoms with Crippen LogP contribution in [0.5, 0.6) is 0 Å². The average molecular weight is 248 g/mol. The Morgan fingerprint density at radius 3 is 2.33 bits per heavy atom. The fraction of sp³-hybridized carbons (Fsp3) is 0.533. The molecule has 1 amide bonds. The first-order valence-electron chi connectivity index (χ1n) is 6.42. The van der Waals surface area contributed by atoms with Gasteiger partial charge in [0, 0.05) is 7.05 Å². The van der Waals surface area contributed by atoms with Crippen molar-refractivity contribution in [3.05, 3.63) is 35.4 Å². The molecule has 0 fully saturated rings. The predicted molar refractivity (Wildman–Crippen MR) is 75.2 cm³/mol. The van der Waals surface area contributed by atoms with Gasteiger partial charge in [0.1, 0.15) is 0 Å². The number of aryl methyl sites for hydroxylation is 1. The summed E-state index contributed by atoms with van der Waals surface area (Å²) in [6.45, 7) is 7.79. The number of carbonyl (C=O) groups is 1. The van der Waals surface area contributed by atoms with Gasteiger partial charge in [0.05, 0.1) is 11.6 Å². The molecule has 0 radical (unpaired) electrons. The van der Waals surface area contributed by atoms with Gasteiger partial charge in [0.25, 0.3) is 0 Å². The minimum atomic E-state index is -0.784. The number of nitrogens with zero attached hydrogens (tertiary/aromatic N) is 1. The van der Waals surface area contributed by atoms with Crippen LogP contribution in [0.3, 0.4) is 0 Å². The molecule has 2 unspecified atom stereocenters. The molecular weight excluding hydrogens is 224 g/mol. The Morgan fingerprint density at radius 1 is 1.39 bits per heavy atom. The molecule has 0 heterocycles. The number of rotatable bonds is 4. The molecule has 0 bridgehead atoms. The van der Waals surface area contributed by atoms with Gasteiger partial charge in [-0.25, -0.2) is 0 Å². The third kappa shape index (κ3) is 3.10. The lowest BCUT2D eigenvalue weighted by Crippen LogP contribution is -2.52. The van der Waals surface area contributed by atoms with Gasteiger partial charge in [-0.2, -0.15) is 0 Å². The van der Waals surface area contributed by atoms with Crippen LogP contribution >= 0.6 is 0 Å². The number of amides is 1. The largest absolute Gasteiger partial charge is 0.337 e. The number of carbonyl (C=O) groups excluding carboxylic acids is 1. The maximum absolute atomic E-state index is 12.3. The van der Waals surface area contributed by atoms with E-state index in [9.17, 15) is 4.79 Å². The Kier molecular flexibility index (Phi) is 4.52. The monoisotopic (exact) mass is 248 g/mol. The van der Waals surface area contributed by atoms with E-state index < -0.39 is 5.54 Å². The van der Waals surface area contributed by atoms with Gasteiger partial charge in [-0.1, -0.05) is 36.8 Å². The first-order valence-corrected chi connectivity index (χ1v) is 6.42. The van der Waals surface area contributed by atoms with Crippen molar-refractivity contribution >= 4 is 5.91 Å². The van der Waals surface area contributed by atoms with Crippen molar-refractivity contribution in [2.75, 3.05) is 7.05 Å². The van der Waals surface area contributed by atoms with Crippen LogP contribution in [0.2, 0.25) is 0 Å². The molecule has 0 saturated heterocycles. The Morgan fingerprint density at radius 2 is 1.89 bits per heavy atom. The van der Waals surface area contributed by atoms with Crippen LogP contribution in [0, 0.1) is 6.92 Å². The molecule has 0 aliphatic heterocycles. The zero-order chi connectivity index (χ0) is 13.9. The Labute approximate surface area is 110 Å². The molecule has 100 valence electrons. The van der Waals surface area contributed by atoms with Crippen molar-refractivity contribution in [1.29, 1.82) is 0 Å². The zero-order valence-electron chi connectivity index (χ0n) is 12.0. The third-order valence-electron chi connectivity index (χ3n) is 3.68.